The van der Waals surface area contributed by atoms with Gasteiger partial charge in [-0.25, -0.2) is 8.42 Å². The number of fused-ring (bicyclic) bond motifs is 1. The number of sulfonamides is 1. The van der Waals surface area contributed by atoms with Gasteiger partial charge in [0.1, 0.15) is 0 Å². The molecule has 6 nitrogen and oxygen atoms in total. The summed E-state index contributed by atoms with van der Waals surface area (Å²) in [5.41, 5.74) is 6.47. The van der Waals surface area contributed by atoms with Crippen LogP contribution < -0.4 is 5.32 Å². The smallest absolute Gasteiger partial charge is 0.218 e. The quantitative estimate of drug-likeness (QED) is 0.336. The summed E-state index contributed by atoms with van der Waals surface area (Å²) in [6, 6.07) is 15.8. The van der Waals surface area contributed by atoms with Gasteiger partial charge in [-0.15, -0.1) is 0 Å². The Morgan fingerprint density at radius 3 is 2.28 bits per heavy atom. The van der Waals surface area contributed by atoms with Crippen molar-refractivity contribution in [3.05, 3.63) is 71.3 Å². The monoisotopic (exact) mass is 647 g/mol. The maximum absolute atomic E-state index is 14.7. The number of hydrogen-bond acceptors (Lipinski definition) is 5. The van der Waals surface area contributed by atoms with E-state index in [-0.39, 0.29) is 29.5 Å². The Morgan fingerprint density at radius 1 is 0.913 bits per heavy atom. The van der Waals surface area contributed by atoms with Crippen LogP contribution in [0.15, 0.2) is 54.6 Å². The third kappa shape index (κ3) is 6.91. The predicted octanol–water partition coefficient (Wildman–Crippen LogP) is 7.22. The van der Waals surface area contributed by atoms with E-state index < -0.39 is 15.3 Å². The van der Waals surface area contributed by atoms with E-state index in [4.69, 9.17) is 4.74 Å². The van der Waals surface area contributed by atoms with Gasteiger partial charge in [0.15, 0.2) is 0 Å². The first-order valence-electron chi connectivity index (χ1n) is 18.0. The van der Waals surface area contributed by atoms with Crippen molar-refractivity contribution >= 4 is 10.0 Å². The van der Waals surface area contributed by atoms with Crippen molar-refractivity contribution in [1.82, 2.24) is 14.5 Å². The normalized spacial score (nSPS) is 30.5. The highest BCUT2D eigenvalue weighted by atomic mass is 32.2. The average molecular weight is 648 g/mol. The highest BCUT2D eigenvalue weighted by Gasteiger charge is 2.52. The second kappa shape index (κ2) is 14.6. The van der Waals surface area contributed by atoms with Crippen molar-refractivity contribution in [2.24, 2.45) is 5.41 Å². The van der Waals surface area contributed by atoms with E-state index in [1.54, 1.807) is 7.11 Å². The van der Waals surface area contributed by atoms with E-state index in [1.165, 1.54) is 72.8 Å². The predicted molar refractivity (Wildman–Crippen MR) is 190 cm³/mol. The molecule has 0 aromatic heterocycles. The first-order valence-corrected chi connectivity index (χ1v) is 19.5. The minimum absolute atomic E-state index is 0.0485. The number of benzene rings is 2. The number of nitrogens with one attached hydrogen (secondary N) is 1. The molecule has 1 spiro atoms. The SMILES string of the molecule is COC[C@@H]1[C@@H](c2ccc(-c3cccc(C)c3C)cc2)C2CN(S(=O)(=O)C3CC4(CCCCCCCCC4)CNC3C)C/C=C\CN21. The fourth-order valence-corrected chi connectivity index (χ4v) is 11.3. The van der Waals surface area contributed by atoms with Gasteiger partial charge in [-0.1, -0.05) is 99.6 Å². The van der Waals surface area contributed by atoms with Gasteiger partial charge in [0.25, 0.3) is 0 Å². The molecule has 3 heterocycles. The molecular weight excluding hydrogens is 591 g/mol. The van der Waals surface area contributed by atoms with Crippen molar-refractivity contribution in [1.29, 1.82) is 0 Å². The molecule has 5 atom stereocenters. The summed E-state index contributed by atoms with van der Waals surface area (Å²) in [4.78, 5) is 2.47. The minimum atomic E-state index is -3.53. The first kappa shape index (κ1) is 33.9. The zero-order chi connectivity index (χ0) is 32.3. The molecular formula is C39H57N3O3S. The van der Waals surface area contributed by atoms with Crippen LogP contribution in [-0.4, -0.2) is 80.9 Å². The second-order valence-corrected chi connectivity index (χ2v) is 17.1. The maximum atomic E-state index is 14.7. The molecule has 4 aliphatic rings. The summed E-state index contributed by atoms with van der Waals surface area (Å²) in [6.07, 6.45) is 16.3. The van der Waals surface area contributed by atoms with Crippen LogP contribution in [0.3, 0.4) is 0 Å². The van der Waals surface area contributed by atoms with E-state index in [0.717, 1.165) is 32.4 Å². The Hall–Kier alpha value is -2.03. The highest BCUT2D eigenvalue weighted by Crippen LogP contribution is 2.45. The van der Waals surface area contributed by atoms with Gasteiger partial charge < -0.3 is 10.1 Å². The van der Waals surface area contributed by atoms with Gasteiger partial charge in [-0.05, 0) is 73.3 Å². The number of rotatable bonds is 6. The third-order valence-electron chi connectivity index (χ3n) is 12.1. The molecule has 3 aliphatic heterocycles. The number of methoxy groups -OCH3 is 1. The fourth-order valence-electron chi connectivity index (χ4n) is 9.07. The van der Waals surface area contributed by atoms with Crippen LogP contribution in [-0.2, 0) is 14.8 Å². The van der Waals surface area contributed by atoms with Crippen molar-refractivity contribution in [2.45, 2.75) is 114 Å². The summed E-state index contributed by atoms with van der Waals surface area (Å²) in [5.74, 6) is 0.211. The van der Waals surface area contributed by atoms with Gasteiger partial charge in [0, 0.05) is 57.3 Å². The van der Waals surface area contributed by atoms with Gasteiger partial charge in [-0.2, -0.15) is 4.31 Å². The highest BCUT2D eigenvalue weighted by molar-refractivity contribution is 7.89. The Bertz CT molecular complexity index is 1450. The van der Waals surface area contributed by atoms with Crippen molar-refractivity contribution in [3.8, 4) is 11.1 Å². The molecule has 1 N–H and O–H groups in total. The Kier molecular flexibility index (Phi) is 10.8. The Balaban J connectivity index is 1.25. The lowest BCUT2D eigenvalue weighted by atomic mass is 9.71. The molecule has 2 aromatic carbocycles. The molecule has 1 aliphatic carbocycles. The van der Waals surface area contributed by atoms with Crippen LogP contribution in [0.1, 0.15) is 93.7 Å². The number of nitrogens with zero attached hydrogens (tertiary/aromatic N) is 2. The van der Waals surface area contributed by atoms with Crippen molar-refractivity contribution in [3.63, 3.8) is 0 Å². The molecule has 2 aromatic rings. The Morgan fingerprint density at radius 2 is 1.59 bits per heavy atom. The van der Waals surface area contributed by atoms with Crippen LogP contribution in [0.25, 0.3) is 11.1 Å². The second-order valence-electron chi connectivity index (χ2n) is 14.9. The standard InChI is InChI=1S/C39H57N3O3S/c1-29-15-14-16-34(30(29)2)32-17-19-33(20-18-32)38-35-26-41(23-12-13-24-42(35)36(38)27-45-4)46(43,44)37-25-39(28-40-31(37)3)21-10-8-6-5-7-9-11-22-39/h12-20,31,35-38,40H,5-11,21-28H2,1-4H3/b13-12-/t31?,35?,36-,37?,38+/m1/s1. The van der Waals surface area contributed by atoms with E-state index in [1.807, 2.05) is 4.31 Å². The molecule has 2 saturated heterocycles. The average Bonchev–Trinajstić information content (AvgIpc) is 3.04. The topological polar surface area (TPSA) is 61.9 Å². The molecule has 252 valence electrons. The van der Waals surface area contributed by atoms with Crippen LogP contribution in [0.5, 0.6) is 0 Å². The van der Waals surface area contributed by atoms with Gasteiger partial charge >= 0.3 is 0 Å². The number of piperidine rings is 1. The van der Waals surface area contributed by atoms with E-state index >= 15 is 0 Å². The van der Waals surface area contributed by atoms with Crippen LogP contribution in [0.2, 0.25) is 0 Å². The molecule has 46 heavy (non-hydrogen) atoms. The maximum Gasteiger partial charge on any atom is 0.218 e. The first-order chi connectivity index (χ1) is 22.2. The fraction of sp³-hybridized carbons (Fsp3) is 0.641. The Labute approximate surface area is 279 Å². The van der Waals surface area contributed by atoms with Crippen LogP contribution in [0.4, 0.5) is 0 Å². The molecule has 3 unspecified atom stereocenters. The number of aryl methyl sites for hydroxylation is 1. The van der Waals surface area contributed by atoms with Gasteiger partial charge in [0.2, 0.25) is 10.0 Å². The summed E-state index contributed by atoms with van der Waals surface area (Å²) in [5, 5.41) is 3.32. The largest absolute Gasteiger partial charge is 0.383 e. The van der Waals surface area contributed by atoms with E-state index in [0.29, 0.717) is 19.7 Å². The molecule has 0 bridgehead atoms. The lowest BCUT2D eigenvalue weighted by Gasteiger charge is -2.57. The molecule has 7 heteroatoms. The molecule has 0 amide bonds. The lowest BCUT2D eigenvalue weighted by molar-refractivity contribution is -0.0509. The number of ether oxygens (including phenoxy) is 1. The van der Waals surface area contributed by atoms with E-state index in [9.17, 15) is 8.42 Å². The number of hydrogen-bond donors (Lipinski definition) is 1. The molecule has 6 rings (SSSR count). The third-order valence-corrected chi connectivity index (χ3v) is 14.4. The summed E-state index contributed by atoms with van der Waals surface area (Å²) < 4.78 is 37.0. The zero-order valence-corrected chi connectivity index (χ0v) is 29.5. The molecule has 3 fully saturated rings. The summed E-state index contributed by atoms with van der Waals surface area (Å²) in [6.45, 7) is 9.84. The summed E-state index contributed by atoms with van der Waals surface area (Å²) in [7, 11) is -1.76. The molecule has 1 saturated carbocycles. The van der Waals surface area contributed by atoms with Crippen LogP contribution in [0, 0.1) is 19.3 Å². The molecule has 0 radical (unpaired) electrons. The lowest BCUT2D eigenvalue weighted by Crippen LogP contribution is -2.68. The summed E-state index contributed by atoms with van der Waals surface area (Å²) >= 11 is 0. The zero-order valence-electron chi connectivity index (χ0n) is 28.7. The van der Waals surface area contributed by atoms with Crippen molar-refractivity contribution < 1.29 is 13.2 Å². The minimum Gasteiger partial charge on any atom is -0.383 e. The van der Waals surface area contributed by atoms with Crippen LogP contribution >= 0.6 is 0 Å². The van der Waals surface area contributed by atoms with Gasteiger partial charge in [0.05, 0.1) is 11.9 Å². The van der Waals surface area contributed by atoms with Gasteiger partial charge in [-0.3, -0.25) is 4.90 Å². The van der Waals surface area contributed by atoms with E-state index in [2.05, 4.69) is 85.6 Å². The van der Waals surface area contributed by atoms with Crippen molar-refractivity contribution in [2.75, 3.05) is 39.9 Å².